The van der Waals surface area contributed by atoms with Crippen LogP contribution in [0.1, 0.15) is 12.1 Å². The molecule has 1 aromatic heterocycles. The van der Waals surface area contributed by atoms with Crippen molar-refractivity contribution in [2.24, 2.45) is 4.99 Å². The first-order chi connectivity index (χ1) is 8.36. The van der Waals surface area contributed by atoms with Crippen molar-refractivity contribution >= 4 is 5.96 Å². The van der Waals surface area contributed by atoms with Gasteiger partial charge in [0, 0.05) is 26.4 Å². The lowest BCUT2D eigenvalue weighted by Crippen LogP contribution is -2.35. The molecule has 0 saturated carbocycles. The molecule has 0 aliphatic heterocycles. The molecule has 0 aliphatic rings. The Kier molecular flexibility index (Phi) is 6.21. The minimum atomic E-state index is 0.473. The van der Waals surface area contributed by atoms with Crippen LogP contribution in [0.2, 0.25) is 0 Å². The van der Waals surface area contributed by atoms with Crippen LogP contribution in [0, 0.1) is 11.5 Å². The monoisotopic (exact) mass is 236 g/mol. The molecule has 7 nitrogen and oxygen atoms in total. The second-order valence-electron chi connectivity index (χ2n) is 3.22. The number of hydrogen-bond donors (Lipinski definition) is 3. The van der Waals surface area contributed by atoms with Gasteiger partial charge < -0.3 is 10.1 Å². The zero-order chi connectivity index (χ0) is 12.3. The minimum Gasteiger partial charge on any atom is -0.375 e. The first-order valence-electron chi connectivity index (χ1n) is 5.28. The van der Waals surface area contributed by atoms with Gasteiger partial charge in [0.2, 0.25) is 5.96 Å². The number of aliphatic imine (C=N–C) groups is 1. The van der Waals surface area contributed by atoms with Gasteiger partial charge in [-0.3, -0.25) is 15.4 Å². The average molecular weight is 236 g/mol. The SMILES string of the molecule is CN=C(NC#N)NCCCOCc1ccn[nH]1. The lowest BCUT2D eigenvalue weighted by Gasteiger charge is -2.06. The summed E-state index contributed by atoms with van der Waals surface area (Å²) in [6.07, 6.45) is 4.33. The van der Waals surface area contributed by atoms with Crippen LogP contribution < -0.4 is 10.6 Å². The fourth-order valence-corrected chi connectivity index (χ4v) is 1.16. The van der Waals surface area contributed by atoms with Crippen molar-refractivity contribution in [1.29, 1.82) is 5.26 Å². The molecule has 0 aromatic carbocycles. The molecule has 92 valence electrons. The molecule has 7 heteroatoms. The maximum Gasteiger partial charge on any atom is 0.204 e. The van der Waals surface area contributed by atoms with Crippen molar-refractivity contribution in [3.05, 3.63) is 18.0 Å². The molecular formula is C10H16N6O. The second kappa shape index (κ2) is 8.13. The number of hydrogen-bond acceptors (Lipinski definition) is 4. The normalized spacial score (nSPS) is 10.9. The molecule has 0 fully saturated rings. The molecule has 1 aromatic rings. The van der Waals surface area contributed by atoms with Crippen molar-refractivity contribution in [2.75, 3.05) is 20.2 Å². The van der Waals surface area contributed by atoms with Gasteiger partial charge in [-0.1, -0.05) is 0 Å². The molecule has 0 radical (unpaired) electrons. The van der Waals surface area contributed by atoms with E-state index >= 15 is 0 Å². The molecule has 0 unspecified atom stereocenters. The number of aromatic amines is 1. The third kappa shape index (κ3) is 5.53. The Morgan fingerprint density at radius 3 is 3.24 bits per heavy atom. The summed E-state index contributed by atoms with van der Waals surface area (Å²) in [7, 11) is 1.61. The van der Waals surface area contributed by atoms with Crippen LogP contribution in [0.25, 0.3) is 0 Å². The van der Waals surface area contributed by atoms with E-state index in [0.717, 1.165) is 12.1 Å². The molecule has 0 aliphatic carbocycles. The van der Waals surface area contributed by atoms with E-state index in [2.05, 4.69) is 25.8 Å². The lowest BCUT2D eigenvalue weighted by atomic mass is 10.4. The summed E-state index contributed by atoms with van der Waals surface area (Å²) in [5, 5.41) is 20.5. The van der Waals surface area contributed by atoms with E-state index in [9.17, 15) is 0 Å². The Labute approximate surface area is 99.9 Å². The molecule has 0 bridgehead atoms. The maximum absolute atomic E-state index is 8.40. The Balaban J connectivity index is 1.99. The summed E-state index contributed by atoms with van der Waals surface area (Å²) in [5.74, 6) is 0.473. The molecular weight excluding hydrogens is 220 g/mol. The van der Waals surface area contributed by atoms with E-state index in [4.69, 9.17) is 10.00 Å². The summed E-state index contributed by atoms with van der Waals surface area (Å²) in [4.78, 5) is 3.85. The highest BCUT2D eigenvalue weighted by atomic mass is 16.5. The lowest BCUT2D eigenvalue weighted by molar-refractivity contribution is 0.116. The number of aromatic nitrogens is 2. The topological polar surface area (TPSA) is 98.1 Å². The van der Waals surface area contributed by atoms with Gasteiger partial charge in [0.15, 0.2) is 6.19 Å². The van der Waals surface area contributed by atoms with Gasteiger partial charge in [-0.25, -0.2) is 0 Å². The van der Waals surface area contributed by atoms with Gasteiger partial charge >= 0.3 is 0 Å². The molecule has 1 rings (SSSR count). The minimum absolute atomic E-state index is 0.473. The number of guanidine groups is 1. The standard InChI is InChI=1S/C10H16N6O/c1-12-10(14-8-11)13-4-2-6-17-7-9-3-5-15-16-9/h3,5H,2,4,6-7H2,1H3,(H,15,16)(H2,12,13,14). The van der Waals surface area contributed by atoms with Gasteiger partial charge in [-0.2, -0.15) is 10.4 Å². The first kappa shape index (κ1) is 13.0. The highest BCUT2D eigenvalue weighted by Gasteiger charge is 1.96. The van der Waals surface area contributed by atoms with Crippen molar-refractivity contribution in [2.45, 2.75) is 13.0 Å². The summed E-state index contributed by atoms with van der Waals surface area (Å²) >= 11 is 0. The highest BCUT2D eigenvalue weighted by molar-refractivity contribution is 5.80. The van der Waals surface area contributed by atoms with Crippen molar-refractivity contribution in [3.63, 3.8) is 0 Å². The quantitative estimate of drug-likeness (QED) is 0.212. The predicted molar refractivity (Wildman–Crippen MR) is 63.0 cm³/mol. The van der Waals surface area contributed by atoms with Gasteiger partial charge in [-0.15, -0.1) is 0 Å². The molecule has 0 saturated heterocycles. The van der Waals surface area contributed by atoms with Crippen molar-refractivity contribution in [3.8, 4) is 6.19 Å². The summed E-state index contributed by atoms with van der Waals surface area (Å²) in [6, 6.07) is 1.87. The third-order valence-corrected chi connectivity index (χ3v) is 1.97. The van der Waals surface area contributed by atoms with Crippen LogP contribution in [0.3, 0.4) is 0 Å². The largest absolute Gasteiger partial charge is 0.375 e. The zero-order valence-corrected chi connectivity index (χ0v) is 9.73. The molecule has 3 N–H and O–H groups in total. The summed E-state index contributed by atoms with van der Waals surface area (Å²) in [6.45, 7) is 1.87. The van der Waals surface area contributed by atoms with Crippen LogP contribution in [0.15, 0.2) is 17.3 Å². The highest BCUT2D eigenvalue weighted by Crippen LogP contribution is 1.94. The van der Waals surface area contributed by atoms with Gasteiger partial charge in [0.05, 0.1) is 12.3 Å². The predicted octanol–water partition coefficient (Wildman–Crippen LogP) is -0.0375. The molecule has 17 heavy (non-hydrogen) atoms. The number of nitriles is 1. The second-order valence-corrected chi connectivity index (χ2v) is 3.22. The van der Waals surface area contributed by atoms with Gasteiger partial charge in [0.25, 0.3) is 0 Å². The van der Waals surface area contributed by atoms with Crippen molar-refractivity contribution < 1.29 is 4.74 Å². The molecule has 0 amide bonds. The number of nitrogens with zero attached hydrogens (tertiary/aromatic N) is 3. The average Bonchev–Trinajstić information content (AvgIpc) is 2.85. The molecule has 1 heterocycles. The molecule has 0 spiro atoms. The van der Waals surface area contributed by atoms with E-state index in [1.165, 1.54) is 0 Å². The van der Waals surface area contributed by atoms with E-state index in [-0.39, 0.29) is 0 Å². The Hall–Kier alpha value is -2.07. The zero-order valence-electron chi connectivity index (χ0n) is 9.73. The third-order valence-electron chi connectivity index (χ3n) is 1.97. The van der Waals surface area contributed by atoms with Crippen LogP contribution in [-0.4, -0.2) is 36.4 Å². The van der Waals surface area contributed by atoms with E-state index in [0.29, 0.717) is 25.7 Å². The van der Waals surface area contributed by atoms with Crippen LogP contribution >= 0.6 is 0 Å². The van der Waals surface area contributed by atoms with E-state index < -0.39 is 0 Å². The Bertz CT molecular complexity index is 367. The fraction of sp³-hybridized carbons (Fsp3) is 0.500. The van der Waals surface area contributed by atoms with Crippen LogP contribution in [0.5, 0.6) is 0 Å². The number of ether oxygens (including phenoxy) is 1. The van der Waals surface area contributed by atoms with E-state index in [1.54, 1.807) is 19.4 Å². The Morgan fingerprint density at radius 1 is 1.71 bits per heavy atom. The first-order valence-corrected chi connectivity index (χ1v) is 5.28. The number of nitrogens with one attached hydrogen (secondary N) is 3. The molecule has 0 atom stereocenters. The van der Waals surface area contributed by atoms with Crippen LogP contribution in [-0.2, 0) is 11.3 Å². The summed E-state index contributed by atoms with van der Waals surface area (Å²) < 4.78 is 5.42. The van der Waals surface area contributed by atoms with Crippen molar-refractivity contribution in [1.82, 2.24) is 20.8 Å². The van der Waals surface area contributed by atoms with Crippen LogP contribution in [0.4, 0.5) is 0 Å². The Morgan fingerprint density at radius 2 is 2.59 bits per heavy atom. The fourth-order valence-electron chi connectivity index (χ4n) is 1.16. The number of rotatable bonds is 6. The van der Waals surface area contributed by atoms with Gasteiger partial charge in [0.1, 0.15) is 0 Å². The van der Waals surface area contributed by atoms with E-state index in [1.807, 2.05) is 6.07 Å². The number of H-pyrrole nitrogens is 1. The maximum atomic E-state index is 8.40. The summed E-state index contributed by atoms with van der Waals surface area (Å²) in [5.41, 5.74) is 0.958. The smallest absolute Gasteiger partial charge is 0.204 e. The van der Waals surface area contributed by atoms with Gasteiger partial charge in [-0.05, 0) is 12.5 Å².